The Hall–Kier alpha value is -9.64. The number of hydrogen-bond acceptors (Lipinski definition) is 0. The highest BCUT2D eigenvalue weighted by atomic mass is 14.9. The molecule has 0 aliphatic heterocycles. The maximum atomic E-state index is 2.43. The summed E-state index contributed by atoms with van der Waals surface area (Å²) in [4.78, 5) is 0. The molecule has 0 radical (unpaired) electrons. The van der Waals surface area contributed by atoms with Crippen molar-refractivity contribution in [1.82, 2.24) is 0 Å². The average molecular weight is 1260 g/mol. The van der Waals surface area contributed by atoms with Crippen molar-refractivity contribution in [3.8, 4) is 89.5 Å². The predicted molar refractivity (Wildman–Crippen MR) is 400 cm³/mol. The summed E-state index contributed by atoms with van der Waals surface area (Å²) in [6.07, 6.45) is 8.69. The fourth-order valence-corrected chi connectivity index (χ4v) is 16.4. The summed E-state index contributed by atoms with van der Waals surface area (Å²) in [6.45, 7) is 36.3. The highest BCUT2D eigenvalue weighted by molar-refractivity contribution is 5.88. The number of fused-ring (bicyclic) bond motifs is 12. The number of rotatable bonds is 4. The van der Waals surface area contributed by atoms with Crippen LogP contribution in [-0.4, -0.2) is 0 Å². The Morgan fingerprint density at radius 2 is 0.531 bits per heavy atom. The van der Waals surface area contributed by atoms with Crippen molar-refractivity contribution in [3.63, 3.8) is 0 Å². The van der Waals surface area contributed by atoms with E-state index in [1.807, 2.05) is 0 Å². The molecule has 96 heavy (non-hydrogen) atoms. The van der Waals surface area contributed by atoms with Gasteiger partial charge in [0.25, 0.3) is 0 Å². The highest BCUT2D eigenvalue weighted by Crippen LogP contribution is 2.54. The zero-order valence-corrected chi connectivity index (χ0v) is 60.6. The molecule has 4 aliphatic rings. The van der Waals surface area contributed by atoms with Gasteiger partial charge in [-0.2, -0.15) is 0 Å². The lowest BCUT2D eigenvalue weighted by Gasteiger charge is -2.22. The molecule has 0 fully saturated rings. The molecule has 0 bridgehead atoms. The molecular weight excluding hydrogens is 1160 g/mol. The Morgan fingerprint density at radius 3 is 0.906 bits per heavy atom. The van der Waals surface area contributed by atoms with Gasteiger partial charge in [-0.05, 0) is 214 Å². The summed E-state index contributed by atoms with van der Waals surface area (Å²) in [5.41, 5.74) is 43.9. The molecule has 0 saturated carbocycles. The summed E-state index contributed by atoms with van der Waals surface area (Å²) in [7, 11) is 8.52. The lowest BCUT2D eigenvalue weighted by atomic mass is 9.81. The van der Waals surface area contributed by atoms with Crippen molar-refractivity contribution in [3.05, 3.63) is 308 Å². The minimum absolute atomic E-state index is 0.0483. The maximum Gasteiger partial charge on any atom is 0.212 e. The summed E-state index contributed by atoms with van der Waals surface area (Å²) in [5.74, 6) is 0. The second-order valence-corrected chi connectivity index (χ2v) is 30.3. The third-order valence-electron chi connectivity index (χ3n) is 22.2. The van der Waals surface area contributed by atoms with E-state index in [9.17, 15) is 0 Å². The number of pyridine rings is 4. The van der Waals surface area contributed by atoms with E-state index in [1.54, 1.807) is 0 Å². The van der Waals surface area contributed by atoms with Crippen LogP contribution in [0.1, 0.15) is 144 Å². The lowest BCUT2D eigenvalue weighted by molar-refractivity contribution is -0.660. The van der Waals surface area contributed by atoms with E-state index < -0.39 is 0 Å². The van der Waals surface area contributed by atoms with Gasteiger partial charge in [-0.25, -0.2) is 18.3 Å². The standard InChI is InChI=1S/C24H26N.2C23H24N.C22H22N/c1-15-12-23(25(6)14-17(15)3)19-13-22-20(11-16(19)2)18-9-7-8-10-21(18)24(22,4)5;1-15-10-11-22(24(5)14-15)18-13-21-19(12-16(18)2)17-8-6-7-9-20(17)23(21,3)4;1-15-10-11-24(5)22(12-15)18-14-21-19(13-16(18)2)17-8-6-7-9-20(17)23(21,3)4;1-15-13-18-16-9-5-6-10-19(16)22(2,3)20(18)14-17(15)21-11-7-8-12-23(21)4/h7-14H,1-6H3;2*6-14H,1-5H3;5-14H,1-4H3/q4*+1. The number of hydrogen-bond donors (Lipinski definition) is 0. The third kappa shape index (κ3) is 11.0. The molecule has 4 aliphatic carbocycles. The number of aryl methyl sites for hydroxylation is 12. The Labute approximate surface area is 573 Å². The summed E-state index contributed by atoms with van der Waals surface area (Å²) in [6, 6.07) is 72.1. The van der Waals surface area contributed by atoms with Gasteiger partial charge < -0.3 is 0 Å². The van der Waals surface area contributed by atoms with Crippen molar-refractivity contribution in [1.29, 1.82) is 0 Å². The highest BCUT2D eigenvalue weighted by Gasteiger charge is 2.40. The van der Waals surface area contributed by atoms with Crippen LogP contribution in [0.15, 0.2) is 219 Å². The van der Waals surface area contributed by atoms with Crippen molar-refractivity contribution in [2.45, 2.75) is 132 Å². The first-order valence-corrected chi connectivity index (χ1v) is 34.4. The van der Waals surface area contributed by atoms with Crippen LogP contribution < -0.4 is 18.3 Å². The quantitative estimate of drug-likeness (QED) is 0.156. The second kappa shape index (κ2) is 24.2. The van der Waals surface area contributed by atoms with Crippen LogP contribution in [-0.2, 0) is 49.9 Å². The van der Waals surface area contributed by atoms with Crippen molar-refractivity contribution in [2.24, 2.45) is 28.2 Å². The Kier molecular flexibility index (Phi) is 16.4. The van der Waals surface area contributed by atoms with Gasteiger partial charge in [-0.1, -0.05) is 177 Å². The van der Waals surface area contributed by atoms with Gasteiger partial charge in [-0.3, -0.25) is 0 Å². The SMILES string of the molecule is Cc1cc(-c2cc3c(cc2C)-c2ccccc2C3(C)C)[n+](C)cc1C.Cc1cc2c(cc1-c1cccc[n+]1C)C(C)(C)c1ccccc1-2.Cc1cc[n+](C)c(-c2cc3c(cc2C)-c2ccccc2C3(C)C)c1.Cc1ccc(-c2cc3c(cc2C)-c2ccccc2C3(C)C)[n+](C)c1. The minimum Gasteiger partial charge on any atom is -0.201 e. The van der Waals surface area contributed by atoms with Gasteiger partial charge in [0, 0.05) is 91.4 Å². The number of benzene rings is 8. The largest absolute Gasteiger partial charge is 0.212 e. The molecule has 8 aromatic carbocycles. The Balaban J connectivity index is 0.000000116. The molecule has 0 atom stereocenters. The molecule has 12 aromatic rings. The van der Waals surface area contributed by atoms with E-state index in [0.29, 0.717) is 0 Å². The fraction of sp³-hybridized carbons (Fsp3) is 0.261. The molecule has 4 aromatic heterocycles. The van der Waals surface area contributed by atoms with Crippen LogP contribution in [0.4, 0.5) is 0 Å². The normalized spacial score (nSPS) is 14.4. The molecule has 4 heterocycles. The molecule has 0 saturated heterocycles. The van der Waals surface area contributed by atoms with Crippen LogP contribution in [0, 0.1) is 55.4 Å². The first-order valence-electron chi connectivity index (χ1n) is 34.4. The van der Waals surface area contributed by atoms with Gasteiger partial charge in [-0.15, -0.1) is 0 Å². The van der Waals surface area contributed by atoms with E-state index in [4.69, 9.17) is 0 Å². The van der Waals surface area contributed by atoms with Crippen LogP contribution in [0.3, 0.4) is 0 Å². The molecular formula is C92H96N4+4. The monoisotopic (exact) mass is 1260 g/mol. The predicted octanol–water partition coefficient (Wildman–Crippen LogP) is 20.4. The van der Waals surface area contributed by atoms with Crippen molar-refractivity contribution >= 4 is 0 Å². The summed E-state index contributed by atoms with van der Waals surface area (Å²) in [5, 5.41) is 0. The fourth-order valence-electron chi connectivity index (χ4n) is 16.4. The van der Waals surface area contributed by atoms with Gasteiger partial charge in [0.05, 0.1) is 0 Å². The molecule has 0 spiro atoms. The van der Waals surface area contributed by atoms with Crippen molar-refractivity contribution in [2.75, 3.05) is 0 Å². The Morgan fingerprint density at radius 1 is 0.208 bits per heavy atom. The smallest absolute Gasteiger partial charge is 0.201 e. The van der Waals surface area contributed by atoms with Crippen LogP contribution in [0.5, 0.6) is 0 Å². The van der Waals surface area contributed by atoms with Crippen LogP contribution >= 0.6 is 0 Å². The zero-order valence-electron chi connectivity index (χ0n) is 60.6. The third-order valence-corrected chi connectivity index (χ3v) is 22.2. The van der Waals surface area contributed by atoms with E-state index in [1.165, 1.54) is 179 Å². The molecule has 0 N–H and O–H groups in total. The topological polar surface area (TPSA) is 15.5 Å². The van der Waals surface area contributed by atoms with E-state index in [0.717, 1.165) is 0 Å². The first-order chi connectivity index (χ1) is 45.6. The van der Waals surface area contributed by atoms with E-state index in [2.05, 4.69) is 376 Å². The molecule has 480 valence electrons. The lowest BCUT2D eigenvalue weighted by Crippen LogP contribution is -2.31. The Bertz CT molecular complexity index is 5140. The van der Waals surface area contributed by atoms with Gasteiger partial charge in [0.1, 0.15) is 28.2 Å². The van der Waals surface area contributed by atoms with Crippen LogP contribution in [0.25, 0.3) is 89.5 Å². The molecule has 0 unspecified atom stereocenters. The molecule has 16 rings (SSSR count). The molecule has 0 amide bonds. The van der Waals surface area contributed by atoms with Gasteiger partial charge >= 0.3 is 0 Å². The summed E-state index contributed by atoms with van der Waals surface area (Å²) >= 11 is 0. The van der Waals surface area contributed by atoms with E-state index >= 15 is 0 Å². The van der Waals surface area contributed by atoms with E-state index in [-0.39, 0.29) is 21.7 Å². The molecule has 4 nitrogen and oxygen atoms in total. The average Bonchev–Trinajstić information content (AvgIpc) is 1.60. The number of aromatic nitrogens is 4. The van der Waals surface area contributed by atoms with Gasteiger partial charge in [0.15, 0.2) is 24.8 Å². The maximum absolute atomic E-state index is 2.43. The van der Waals surface area contributed by atoms with Gasteiger partial charge in [0.2, 0.25) is 22.8 Å². The number of nitrogens with zero attached hydrogens (tertiary/aromatic N) is 4. The summed E-state index contributed by atoms with van der Waals surface area (Å²) < 4.78 is 8.91. The van der Waals surface area contributed by atoms with Crippen LogP contribution in [0.2, 0.25) is 0 Å². The minimum atomic E-state index is 0.0483. The second-order valence-electron chi connectivity index (χ2n) is 30.3. The first kappa shape index (κ1) is 65.0. The zero-order chi connectivity index (χ0) is 68.2. The molecule has 4 heteroatoms. The van der Waals surface area contributed by atoms with Crippen molar-refractivity contribution < 1.29 is 18.3 Å².